The van der Waals surface area contributed by atoms with Gasteiger partial charge in [-0.1, -0.05) is 30.3 Å². The molecule has 1 aliphatic heterocycles. The number of benzene rings is 1. The van der Waals surface area contributed by atoms with Crippen molar-refractivity contribution in [2.24, 2.45) is 0 Å². The maximum absolute atomic E-state index is 13.5. The zero-order valence-electron chi connectivity index (χ0n) is 17.5. The lowest BCUT2D eigenvalue weighted by Crippen LogP contribution is -2.49. The van der Waals surface area contributed by atoms with Crippen molar-refractivity contribution in [2.75, 3.05) is 26.2 Å². The smallest absolute Gasteiger partial charge is 0.280 e. The maximum Gasteiger partial charge on any atom is 0.280 e. The van der Waals surface area contributed by atoms with Crippen molar-refractivity contribution in [1.82, 2.24) is 24.6 Å². The fourth-order valence-electron chi connectivity index (χ4n) is 4.03. The van der Waals surface area contributed by atoms with Gasteiger partial charge in [0.05, 0.1) is 11.1 Å². The third-order valence-electron chi connectivity index (χ3n) is 5.65. The van der Waals surface area contributed by atoms with Crippen molar-refractivity contribution < 1.29 is 22.4 Å². The predicted octanol–water partition coefficient (Wildman–Crippen LogP) is 3.96. The van der Waals surface area contributed by atoms with E-state index in [2.05, 4.69) is 27.1 Å². The number of pyridine rings is 1. The van der Waals surface area contributed by atoms with Crippen molar-refractivity contribution in [1.29, 1.82) is 0 Å². The molecule has 1 fully saturated rings. The molecule has 0 spiro atoms. The van der Waals surface area contributed by atoms with Gasteiger partial charge >= 0.3 is 0 Å². The molecule has 0 aliphatic carbocycles. The summed E-state index contributed by atoms with van der Waals surface area (Å²) < 4.78 is 54.5. The van der Waals surface area contributed by atoms with Crippen molar-refractivity contribution in [3.05, 3.63) is 58.9 Å². The van der Waals surface area contributed by atoms with Crippen LogP contribution < -0.4 is 0 Å². The highest BCUT2D eigenvalue weighted by molar-refractivity contribution is 5.85. The molecule has 0 unspecified atom stereocenters. The van der Waals surface area contributed by atoms with Crippen LogP contribution in [0.5, 0.6) is 0 Å². The molecule has 6 nitrogen and oxygen atoms in total. The van der Waals surface area contributed by atoms with Crippen molar-refractivity contribution >= 4 is 16.9 Å². The van der Waals surface area contributed by atoms with Gasteiger partial charge in [-0.3, -0.25) is 9.69 Å². The highest BCUT2D eigenvalue weighted by Gasteiger charge is 2.26. The molecule has 1 amide bonds. The predicted molar refractivity (Wildman–Crippen MR) is 110 cm³/mol. The number of fused-ring (bicyclic) bond motifs is 1. The van der Waals surface area contributed by atoms with Gasteiger partial charge in [-0.15, -0.1) is 0 Å². The lowest BCUT2D eigenvalue weighted by Gasteiger charge is -2.34. The van der Waals surface area contributed by atoms with Gasteiger partial charge < -0.3 is 4.90 Å². The van der Waals surface area contributed by atoms with Gasteiger partial charge in [0, 0.05) is 38.3 Å². The largest absolute Gasteiger partial charge is 0.339 e. The third-order valence-corrected chi connectivity index (χ3v) is 5.65. The topological polar surface area (TPSA) is 54.3 Å². The number of rotatable bonds is 6. The third kappa shape index (κ3) is 4.59. The summed E-state index contributed by atoms with van der Waals surface area (Å²) >= 11 is 0. The minimum Gasteiger partial charge on any atom is -0.339 e. The Labute approximate surface area is 182 Å². The van der Waals surface area contributed by atoms with Crippen LogP contribution in [0.4, 0.5) is 17.6 Å². The average molecular weight is 449 g/mol. The first-order valence-electron chi connectivity index (χ1n) is 10.3. The Bertz CT molecular complexity index is 1090. The lowest BCUT2D eigenvalue weighted by molar-refractivity contribution is -0.133. The molecule has 0 bridgehead atoms. The molecule has 3 aromatic rings. The summed E-state index contributed by atoms with van der Waals surface area (Å²) in [5.74, 6) is -0.253. The van der Waals surface area contributed by atoms with Crippen molar-refractivity contribution in [3.8, 4) is 0 Å². The summed E-state index contributed by atoms with van der Waals surface area (Å²) in [6, 6.07) is 10.7. The van der Waals surface area contributed by atoms with Gasteiger partial charge in [-0.2, -0.15) is 5.10 Å². The van der Waals surface area contributed by atoms with Crippen LogP contribution in [0.15, 0.2) is 36.4 Å². The summed E-state index contributed by atoms with van der Waals surface area (Å²) in [5.41, 5.74) is 0.00390. The van der Waals surface area contributed by atoms with E-state index in [-0.39, 0.29) is 29.2 Å². The van der Waals surface area contributed by atoms with Crippen LogP contribution in [0.1, 0.15) is 35.4 Å². The summed E-state index contributed by atoms with van der Waals surface area (Å²) in [7, 11) is 0. The van der Waals surface area contributed by atoms with Gasteiger partial charge in [0.25, 0.3) is 12.9 Å². The molecule has 32 heavy (non-hydrogen) atoms. The molecule has 0 radical (unpaired) electrons. The molecule has 1 aliphatic rings. The minimum absolute atomic E-state index is 0.0184. The minimum atomic E-state index is -3.01. The molecule has 0 atom stereocenters. The first-order valence-corrected chi connectivity index (χ1v) is 10.3. The Kier molecular flexibility index (Phi) is 6.40. The molecule has 0 saturated carbocycles. The molecule has 0 N–H and O–H groups in total. The molecule has 4 rings (SSSR count). The normalized spacial score (nSPS) is 15.3. The van der Waals surface area contributed by atoms with E-state index in [1.165, 1.54) is 12.5 Å². The van der Waals surface area contributed by atoms with E-state index in [4.69, 9.17) is 0 Å². The second-order valence-corrected chi connectivity index (χ2v) is 7.82. The fraction of sp³-hybridized carbons (Fsp3) is 0.409. The average Bonchev–Trinajstić information content (AvgIpc) is 3.09. The SMILES string of the molecule is Cc1nn(CC(=O)N2CCN(Cc3ccccc3)CC2)c2nc(C(F)F)cc(C(F)F)c12. The maximum atomic E-state index is 13.5. The number of hydrogen-bond donors (Lipinski definition) is 0. The highest BCUT2D eigenvalue weighted by Crippen LogP contribution is 2.32. The number of piperazine rings is 1. The number of amides is 1. The Hall–Kier alpha value is -3.01. The van der Waals surface area contributed by atoms with E-state index in [0.29, 0.717) is 32.2 Å². The Morgan fingerprint density at radius 1 is 1.03 bits per heavy atom. The molecule has 3 heterocycles. The molecule has 2 aromatic heterocycles. The summed E-state index contributed by atoms with van der Waals surface area (Å²) in [5, 5.41) is 4.18. The Balaban J connectivity index is 1.48. The van der Waals surface area contributed by atoms with Crippen molar-refractivity contribution in [2.45, 2.75) is 32.9 Å². The van der Waals surface area contributed by atoms with Gasteiger partial charge in [0.15, 0.2) is 5.65 Å². The van der Waals surface area contributed by atoms with Gasteiger partial charge in [-0.05, 0) is 18.6 Å². The van der Waals surface area contributed by atoms with E-state index in [9.17, 15) is 22.4 Å². The number of aromatic nitrogens is 3. The Morgan fingerprint density at radius 2 is 1.72 bits per heavy atom. The molecule has 170 valence electrons. The van der Waals surface area contributed by atoms with Crippen LogP contribution >= 0.6 is 0 Å². The first kappa shape index (κ1) is 22.2. The van der Waals surface area contributed by atoms with Crippen LogP contribution in [0, 0.1) is 6.92 Å². The number of carbonyl (C=O) groups is 1. The number of carbonyl (C=O) groups excluding carboxylic acids is 1. The quantitative estimate of drug-likeness (QED) is 0.535. The van der Waals surface area contributed by atoms with E-state index in [0.717, 1.165) is 11.2 Å². The molecule has 1 saturated heterocycles. The first-order chi connectivity index (χ1) is 15.3. The molecular weight excluding hydrogens is 426 g/mol. The number of halogens is 4. The monoisotopic (exact) mass is 449 g/mol. The van der Waals surface area contributed by atoms with Crippen molar-refractivity contribution in [3.63, 3.8) is 0 Å². The second kappa shape index (κ2) is 9.23. The lowest BCUT2D eigenvalue weighted by atomic mass is 10.1. The van der Waals surface area contributed by atoms with Crippen LogP contribution in [-0.4, -0.2) is 56.7 Å². The number of aryl methyl sites for hydroxylation is 1. The number of nitrogens with zero attached hydrogens (tertiary/aromatic N) is 5. The van der Waals surface area contributed by atoms with E-state index < -0.39 is 24.1 Å². The second-order valence-electron chi connectivity index (χ2n) is 7.82. The van der Waals surface area contributed by atoms with Crippen LogP contribution in [-0.2, 0) is 17.9 Å². The van der Waals surface area contributed by atoms with Crippen LogP contribution in [0.2, 0.25) is 0 Å². The number of hydrogen-bond acceptors (Lipinski definition) is 4. The van der Waals surface area contributed by atoms with E-state index in [1.54, 1.807) is 4.90 Å². The van der Waals surface area contributed by atoms with Gasteiger partial charge in [-0.25, -0.2) is 27.2 Å². The van der Waals surface area contributed by atoms with Crippen LogP contribution in [0.3, 0.4) is 0 Å². The summed E-state index contributed by atoms with van der Waals surface area (Å²) in [6.45, 7) is 4.48. The van der Waals surface area contributed by atoms with Gasteiger partial charge in [0.2, 0.25) is 5.91 Å². The highest BCUT2D eigenvalue weighted by atomic mass is 19.3. The standard InChI is InChI=1S/C22H23F4N5O/c1-14-19-16(20(23)24)11-17(21(25)26)27-22(19)31(28-14)13-18(32)30-9-7-29(8-10-30)12-15-5-3-2-4-6-15/h2-6,11,20-21H,7-10,12-13H2,1H3. The molecule has 10 heteroatoms. The molecule has 1 aromatic carbocycles. The van der Waals surface area contributed by atoms with Gasteiger partial charge in [0.1, 0.15) is 12.2 Å². The zero-order chi connectivity index (χ0) is 22.8. The van der Waals surface area contributed by atoms with E-state index >= 15 is 0 Å². The van der Waals surface area contributed by atoms with Crippen LogP contribution in [0.25, 0.3) is 11.0 Å². The summed E-state index contributed by atoms with van der Waals surface area (Å²) in [4.78, 5) is 20.6. The molecular formula is C22H23F4N5O. The Morgan fingerprint density at radius 3 is 2.34 bits per heavy atom. The van der Waals surface area contributed by atoms with E-state index in [1.807, 2.05) is 18.2 Å². The zero-order valence-corrected chi connectivity index (χ0v) is 17.5. The number of alkyl halides is 4. The fourth-order valence-corrected chi connectivity index (χ4v) is 4.03. The summed E-state index contributed by atoms with van der Waals surface area (Å²) in [6.07, 6.45) is -5.96.